The maximum atomic E-state index is 15.6. The topological polar surface area (TPSA) is 105 Å². The van der Waals surface area contributed by atoms with Crippen molar-refractivity contribution >= 4 is 6.34 Å². The predicted molar refractivity (Wildman–Crippen MR) is 119 cm³/mol. The number of hydrazine groups is 2. The number of rotatable bonds is 10. The fourth-order valence-electron chi connectivity index (χ4n) is 3.31. The molecule has 0 fully saturated rings. The van der Waals surface area contributed by atoms with Crippen molar-refractivity contribution in [2.24, 2.45) is 10.8 Å². The van der Waals surface area contributed by atoms with Crippen molar-refractivity contribution in [1.29, 1.82) is 0 Å². The molecule has 1 atom stereocenters. The van der Waals surface area contributed by atoms with Crippen molar-refractivity contribution in [3.63, 3.8) is 0 Å². The Morgan fingerprint density at radius 3 is 2.22 bits per heavy atom. The summed E-state index contributed by atoms with van der Waals surface area (Å²) in [6.45, 7) is -2.54. The van der Waals surface area contributed by atoms with Crippen molar-refractivity contribution in [3.05, 3.63) is 83.7 Å². The molecule has 0 bridgehead atoms. The van der Waals surface area contributed by atoms with E-state index < -0.39 is 53.7 Å². The summed E-state index contributed by atoms with van der Waals surface area (Å²) >= 11 is 0. The van der Waals surface area contributed by atoms with Crippen LogP contribution in [0.1, 0.15) is 11.3 Å². The van der Waals surface area contributed by atoms with E-state index in [9.17, 15) is 27.1 Å². The molecule has 1 aromatic heterocycles. The Balaban J connectivity index is 1.91. The number of aromatic nitrogens is 1. The van der Waals surface area contributed by atoms with Crippen LogP contribution in [0.4, 0.5) is 30.7 Å². The van der Waals surface area contributed by atoms with Gasteiger partial charge in [0, 0.05) is 23.4 Å². The molecule has 0 spiro atoms. The number of benzene rings is 2. The van der Waals surface area contributed by atoms with Gasteiger partial charge in [-0.2, -0.15) is 27.5 Å². The molecule has 2 aromatic carbocycles. The van der Waals surface area contributed by atoms with Crippen LogP contribution in [0.3, 0.4) is 0 Å². The van der Waals surface area contributed by atoms with Crippen LogP contribution in [0.25, 0.3) is 11.1 Å². The van der Waals surface area contributed by atoms with Gasteiger partial charge in [0.05, 0.1) is 12.9 Å². The summed E-state index contributed by atoms with van der Waals surface area (Å²) in [4.78, 5) is 7.30. The van der Waals surface area contributed by atoms with Crippen LogP contribution < -0.4 is 21.5 Å². The van der Waals surface area contributed by atoms with E-state index in [1.165, 1.54) is 30.3 Å². The van der Waals surface area contributed by atoms with Crippen LogP contribution in [-0.4, -0.2) is 35.8 Å². The summed E-state index contributed by atoms with van der Waals surface area (Å²) in [5.74, 6) is -1.76. The normalized spacial score (nSPS) is 14.0. The van der Waals surface area contributed by atoms with Crippen molar-refractivity contribution < 1.29 is 40.6 Å². The number of hydrogen-bond donors (Lipinski definition) is 4. The number of alkyl halides is 5. The second-order valence-electron chi connectivity index (χ2n) is 7.68. The number of aliphatic hydroxyl groups is 1. The summed E-state index contributed by atoms with van der Waals surface area (Å²) in [6, 6.07) is 9.19. The molecule has 37 heavy (non-hydrogen) atoms. The molecule has 0 aliphatic heterocycles. The van der Waals surface area contributed by atoms with Gasteiger partial charge < -0.3 is 9.84 Å². The van der Waals surface area contributed by atoms with Gasteiger partial charge in [-0.1, -0.05) is 18.2 Å². The number of aliphatic imine (C=N–C) groups is 1. The van der Waals surface area contributed by atoms with Gasteiger partial charge in [-0.15, -0.1) is 0 Å². The minimum atomic E-state index is -4.51. The third-order valence-corrected chi connectivity index (χ3v) is 5.13. The molecular weight excluding hydrogens is 511 g/mol. The minimum absolute atomic E-state index is 0.0524. The zero-order chi connectivity index (χ0) is 27.3. The average Bonchev–Trinajstić information content (AvgIpc) is 2.85. The Morgan fingerprint density at radius 2 is 1.65 bits per heavy atom. The van der Waals surface area contributed by atoms with Crippen LogP contribution in [0.2, 0.25) is 0 Å². The van der Waals surface area contributed by atoms with Crippen LogP contribution in [0, 0.1) is 11.6 Å². The summed E-state index contributed by atoms with van der Waals surface area (Å²) in [5.41, 5.74) is -0.284. The highest BCUT2D eigenvalue weighted by Crippen LogP contribution is 2.46. The molecule has 7 nitrogen and oxygen atoms in total. The smallest absolute Gasteiger partial charge is 0.422 e. The fraction of sp³-hybridized carbons (Fsp3) is 0.217. The van der Waals surface area contributed by atoms with E-state index in [0.29, 0.717) is 29.3 Å². The SMILES string of the molecule is NNNC=NCC(O)(c1ccc(F)cc1F)C(F)(F)c1ccc(-c2ccc(OCC(F)(F)F)cc2)cn1. The molecule has 0 saturated carbocycles. The molecule has 1 heterocycles. The highest BCUT2D eigenvalue weighted by molar-refractivity contribution is 5.63. The highest BCUT2D eigenvalue weighted by Gasteiger charge is 2.57. The van der Waals surface area contributed by atoms with E-state index in [0.717, 1.165) is 18.6 Å². The van der Waals surface area contributed by atoms with Crippen LogP contribution in [0.5, 0.6) is 5.75 Å². The lowest BCUT2D eigenvalue weighted by molar-refractivity contribution is -0.193. The van der Waals surface area contributed by atoms with Gasteiger partial charge in [0.2, 0.25) is 0 Å². The number of nitrogens with zero attached hydrogens (tertiary/aromatic N) is 2. The lowest BCUT2D eigenvalue weighted by Crippen LogP contribution is -2.47. The molecule has 1 unspecified atom stereocenters. The molecule has 0 radical (unpaired) electrons. The molecule has 0 aliphatic carbocycles. The van der Waals surface area contributed by atoms with Gasteiger partial charge in [0.15, 0.2) is 12.2 Å². The van der Waals surface area contributed by atoms with Gasteiger partial charge in [0.1, 0.15) is 23.1 Å². The predicted octanol–water partition coefficient (Wildman–Crippen LogP) is 3.94. The fourth-order valence-corrected chi connectivity index (χ4v) is 3.31. The number of nitrogens with one attached hydrogen (secondary N) is 2. The van der Waals surface area contributed by atoms with Crippen molar-refractivity contribution in [1.82, 2.24) is 15.9 Å². The largest absolute Gasteiger partial charge is 0.484 e. The third-order valence-electron chi connectivity index (χ3n) is 5.13. The minimum Gasteiger partial charge on any atom is -0.484 e. The van der Waals surface area contributed by atoms with Gasteiger partial charge in [-0.3, -0.25) is 21.2 Å². The van der Waals surface area contributed by atoms with E-state index in [-0.39, 0.29) is 5.75 Å². The van der Waals surface area contributed by atoms with E-state index >= 15 is 8.78 Å². The zero-order valence-electron chi connectivity index (χ0n) is 18.7. The van der Waals surface area contributed by atoms with Crippen LogP contribution in [-0.2, 0) is 11.5 Å². The number of halogens is 7. The first-order valence-electron chi connectivity index (χ1n) is 10.4. The second kappa shape index (κ2) is 11.1. The van der Waals surface area contributed by atoms with Gasteiger partial charge >= 0.3 is 12.1 Å². The van der Waals surface area contributed by atoms with Crippen molar-refractivity contribution in [2.75, 3.05) is 13.2 Å². The highest BCUT2D eigenvalue weighted by atomic mass is 19.4. The zero-order valence-corrected chi connectivity index (χ0v) is 18.7. The molecule has 5 N–H and O–H groups in total. The molecule has 198 valence electrons. The number of ether oxygens (including phenoxy) is 1. The van der Waals surface area contributed by atoms with Crippen LogP contribution in [0.15, 0.2) is 65.8 Å². The van der Waals surface area contributed by atoms with E-state index in [1.807, 2.05) is 5.53 Å². The number of pyridine rings is 1. The lowest BCUT2D eigenvalue weighted by Gasteiger charge is -2.35. The summed E-state index contributed by atoms with van der Waals surface area (Å²) in [5, 5.41) is 11.0. The van der Waals surface area contributed by atoms with Gasteiger partial charge in [-0.25, -0.2) is 8.78 Å². The number of nitrogens with two attached hydrogens (primary N) is 1. The maximum Gasteiger partial charge on any atom is 0.422 e. The summed E-state index contributed by atoms with van der Waals surface area (Å²) in [7, 11) is 0. The Kier molecular flexibility index (Phi) is 8.35. The van der Waals surface area contributed by atoms with E-state index in [4.69, 9.17) is 5.84 Å². The Bertz CT molecular complexity index is 1220. The standard InChI is InChI=1S/C23H20F7N5O2/c24-16-4-7-18(19(25)9-16)21(36,11-32-13-34-35-31)23(29,30)20-8-3-15(10-33-20)14-1-5-17(6-2-14)37-12-22(26,27)28/h1-10,13,35-36H,11-12,31H2,(H,32,34). The Hall–Kier alpha value is -3.75. The quantitative estimate of drug-likeness (QED) is 0.104. The monoisotopic (exact) mass is 531 g/mol. The molecular formula is C23H20F7N5O2. The summed E-state index contributed by atoms with van der Waals surface area (Å²) < 4.78 is 101. The first kappa shape index (κ1) is 27.8. The Morgan fingerprint density at radius 1 is 0.973 bits per heavy atom. The molecule has 0 saturated heterocycles. The van der Waals surface area contributed by atoms with Crippen molar-refractivity contribution in [2.45, 2.75) is 17.7 Å². The summed E-state index contributed by atoms with van der Waals surface area (Å²) in [6.07, 6.45) is -2.62. The average molecular weight is 531 g/mol. The first-order valence-corrected chi connectivity index (χ1v) is 10.4. The molecule has 3 aromatic rings. The second-order valence-corrected chi connectivity index (χ2v) is 7.68. The van der Waals surface area contributed by atoms with E-state index in [1.54, 1.807) is 0 Å². The number of hydrogen-bond acceptors (Lipinski definition) is 6. The Labute approximate surface area is 205 Å². The molecule has 3 rings (SSSR count). The van der Waals surface area contributed by atoms with Crippen molar-refractivity contribution in [3.8, 4) is 16.9 Å². The van der Waals surface area contributed by atoms with Crippen LogP contribution >= 0.6 is 0 Å². The molecule has 14 heteroatoms. The third kappa shape index (κ3) is 6.53. The maximum absolute atomic E-state index is 15.6. The van der Waals surface area contributed by atoms with Gasteiger partial charge in [-0.05, 0) is 35.9 Å². The molecule has 0 amide bonds. The van der Waals surface area contributed by atoms with E-state index in [2.05, 4.69) is 20.1 Å². The van der Waals surface area contributed by atoms with Gasteiger partial charge in [0.25, 0.3) is 0 Å². The first-order chi connectivity index (χ1) is 17.4. The molecule has 0 aliphatic rings. The lowest BCUT2D eigenvalue weighted by atomic mass is 9.84.